The number of benzene rings is 3. The summed E-state index contributed by atoms with van der Waals surface area (Å²) < 4.78 is 0. The van der Waals surface area contributed by atoms with Gasteiger partial charge in [-0.3, -0.25) is 4.79 Å². The van der Waals surface area contributed by atoms with E-state index in [1.807, 2.05) is 79.0 Å². The number of ketones is 1. The molecular formula is C25H24N2O. The third kappa shape index (κ3) is 3.90. The van der Waals surface area contributed by atoms with Gasteiger partial charge in [0.15, 0.2) is 5.78 Å². The molecular weight excluding hydrogens is 344 g/mol. The maximum atomic E-state index is 13.5. The summed E-state index contributed by atoms with van der Waals surface area (Å²) in [5.41, 5.74) is 3.95. The normalized spacial score (nSPS) is 13.3. The van der Waals surface area contributed by atoms with Gasteiger partial charge < -0.3 is 10.3 Å². The van der Waals surface area contributed by atoms with Crippen molar-refractivity contribution in [2.45, 2.75) is 25.4 Å². The molecule has 0 saturated carbocycles. The predicted octanol–water partition coefficient (Wildman–Crippen LogP) is 5.31. The van der Waals surface area contributed by atoms with Crippen molar-refractivity contribution >= 4 is 16.7 Å². The van der Waals surface area contributed by atoms with Gasteiger partial charge in [-0.1, -0.05) is 78.9 Å². The van der Waals surface area contributed by atoms with Crippen LogP contribution < -0.4 is 5.32 Å². The van der Waals surface area contributed by atoms with Crippen LogP contribution in [0.5, 0.6) is 0 Å². The largest absolute Gasteiger partial charge is 0.360 e. The lowest BCUT2D eigenvalue weighted by molar-refractivity contribution is 0.0938. The molecule has 0 amide bonds. The summed E-state index contributed by atoms with van der Waals surface area (Å²) in [5, 5.41) is 4.53. The van der Waals surface area contributed by atoms with E-state index in [1.54, 1.807) is 0 Å². The zero-order valence-electron chi connectivity index (χ0n) is 15.9. The van der Waals surface area contributed by atoms with E-state index in [4.69, 9.17) is 0 Å². The molecule has 1 unspecified atom stereocenters. The number of fused-ring (bicyclic) bond motifs is 1. The molecule has 28 heavy (non-hydrogen) atoms. The van der Waals surface area contributed by atoms with Crippen molar-refractivity contribution in [3.8, 4) is 0 Å². The fraction of sp³-hybridized carbons (Fsp3) is 0.160. The van der Waals surface area contributed by atoms with Crippen LogP contribution >= 0.6 is 0 Å². The first-order chi connectivity index (χ1) is 13.7. The molecule has 140 valence electrons. The highest BCUT2D eigenvalue weighted by molar-refractivity contribution is 6.10. The topological polar surface area (TPSA) is 44.9 Å². The van der Waals surface area contributed by atoms with Gasteiger partial charge in [0.1, 0.15) is 0 Å². The van der Waals surface area contributed by atoms with Gasteiger partial charge in [-0.2, -0.15) is 0 Å². The first-order valence-electron chi connectivity index (χ1n) is 9.67. The van der Waals surface area contributed by atoms with Crippen LogP contribution in [0.15, 0.2) is 91.1 Å². The van der Waals surface area contributed by atoms with Crippen molar-refractivity contribution in [1.29, 1.82) is 0 Å². The molecule has 0 bridgehead atoms. The molecule has 0 saturated heterocycles. The monoisotopic (exact) mass is 368 g/mol. The van der Waals surface area contributed by atoms with E-state index in [2.05, 4.69) is 29.4 Å². The van der Waals surface area contributed by atoms with Gasteiger partial charge in [0.2, 0.25) is 0 Å². The zero-order valence-corrected chi connectivity index (χ0v) is 15.9. The smallest absolute Gasteiger partial charge is 0.186 e. The number of hydrogen-bond acceptors (Lipinski definition) is 2. The van der Waals surface area contributed by atoms with Crippen LogP contribution in [0.25, 0.3) is 10.9 Å². The van der Waals surface area contributed by atoms with Gasteiger partial charge in [0.25, 0.3) is 0 Å². The number of aromatic nitrogens is 1. The Morgan fingerprint density at radius 2 is 1.54 bits per heavy atom. The van der Waals surface area contributed by atoms with E-state index in [0.29, 0.717) is 0 Å². The third-order valence-electron chi connectivity index (χ3n) is 5.09. The molecule has 3 aromatic carbocycles. The maximum Gasteiger partial charge on any atom is 0.186 e. The molecule has 1 heterocycles. The highest BCUT2D eigenvalue weighted by Crippen LogP contribution is 2.25. The number of H-pyrrole nitrogens is 1. The van der Waals surface area contributed by atoms with Gasteiger partial charge in [-0.25, -0.2) is 0 Å². The van der Waals surface area contributed by atoms with Crippen molar-refractivity contribution in [3.05, 3.63) is 108 Å². The second-order valence-electron chi connectivity index (χ2n) is 7.21. The van der Waals surface area contributed by atoms with E-state index in [9.17, 15) is 4.79 Å². The number of nitrogens with one attached hydrogen (secondary N) is 2. The molecule has 1 aromatic heterocycles. The minimum Gasteiger partial charge on any atom is -0.360 e. The van der Waals surface area contributed by atoms with Gasteiger partial charge in [-0.15, -0.1) is 0 Å². The van der Waals surface area contributed by atoms with E-state index in [1.165, 1.54) is 5.56 Å². The molecule has 4 aromatic rings. The Balaban J connectivity index is 1.63. The Hall–Kier alpha value is -3.17. The quantitative estimate of drug-likeness (QED) is 0.434. The number of para-hydroxylation sites is 1. The average Bonchev–Trinajstić information content (AvgIpc) is 3.17. The molecule has 3 nitrogen and oxygen atoms in total. The summed E-state index contributed by atoms with van der Waals surface area (Å²) >= 11 is 0. The predicted molar refractivity (Wildman–Crippen MR) is 115 cm³/mol. The number of carbonyl (C=O) groups excluding carboxylic acids is 1. The third-order valence-corrected chi connectivity index (χ3v) is 5.09. The van der Waals surface area contributed by atoms with Crippen LogP contribution in [0.2, 0.25) is 0 Å². The van der Waals surface area contributed by atoms with Crippen molar-refractivity contribution < 1.29 is 4.79 Å². The minimum absolute atomic E-state index is 0.0866. The molecule has 4 rings (SSSR count). The van der Waals surface area contributed by atoms with Crippen LogP contribution in [0.1, 0.15) is 34.5 Å². The Labute approximate surface area is 165 Å². The summed E-state index contributed by atoms with van der Waals surface area (Å²) in [6.45, 7) is 2.13. The molecule has 0 aliphatic heterocycles. The molecule has 0 fully saturated rings. The first kappa shape index (κ1) is 18.2. The standard InChI is InChI=1S/C25H24N2O/c1-18(16-19-10-4-2-5-11-19)27-24(20-12-6-3-7-13-20)25(28)22-17-26-23-15-9-8-14-21(22)23/h2-15,17-18,24,26-27H,16H2,1H3/t18?,24-/m1/s1. The molecule has 0 aliphatic carbocycles. The Morgan fingerprint density at radius 3 is 2.29 bits per heavy atom. The SMILES string of the molecule is CC(Cc1ccccc1)N[C@@H](C(=O)c1c[nH]c2ccccc12)c1ccccc1. The Morgan fingerprint density at radius 1 is 0.893 bits per heavy atom. The van der Waals surface area contributed by atoms with Crippen molar-refractivity contribution in [2.24, 2.45) is 0 Å². The second-order valence-corrected chi connectivity index (χ2v) is 7.21. The van der Waals surface area contributed by atoms with Crippen molar-refractivity contribution in [3.63, 3.8) is 0 Å². The second kappa shape index (κ2) is 8.24. The summed E-state index contributed by atoms with van der Waals surface area (Å²) in [6, 6.07) is 28.0. The number of rotatable bonds is 7. The summed E-state index contributed by atoms with van der Waals surface area (Å²) in [4.78, 5) is 16.7. The number of Topliss-reactive ketones (excluding diaryl/α,β-unsaturated/α-hetero) is 1. The van der Waals surface area contributed by atoms with E-state index in [-0.39, 0.29) is 17.9 Å². The van der Waals surface area contributed by atoms with E-state index in [0.717, 1.165) is 28.5 Å². The molecule has 2 N–H and O–H groups in total. The van der Waals surface area contributed by atoms with Gasteiger partial charge in [0.05, 0.1) is 6.04 Å². The summed E-state index contributed by atoms with van der Waals surface area (Å²) in [6.07, 6.45) is 2.69. The molecule has 3 heteroatoms. The van der Waals surface area contributed by atoms with Gasteiger partial charge >= 0.3 is 0 Å². The lowest BCUT2D eigenvalue weighted by atomic mass is 9.95. The van der Waals surface area contributed by atoms with Crippen LogP contribution in [0.4, 0.5) is 0 Å². The van der Waals surface area contributed by atoms with Crippen LogP contribution in [0.3, 0.4) is 0 Å². The molecule has 0 aliphatic rings. The van der Waals surface area contributed by atoms with Crippen molar-refractivity contribution in [2.75, 3.05) is 0 Å². The van der Waals surface area contributed by atoms with E-state index < -0.39 is 0 Å². The molecule has 2 atom stereocenters. The van der Waals surface area contributed by atoms with Crippen molar-refractivity contribution in [1.82, 2.24) is 10.3 Å². The van der Waals surface area contributed by atoms with Crippen LogP contribution in [0, 0.1) is 0 Å². The van der Waals surface area contributed by atoms with E-state index >= 15 is 0 Å². The van der Waals surface area contributed by atoms with Gasteiger partial charge in [-0.05, 0) is 30.5 Å². The molecule has 0 spiro atoms. The number of carbonyl (C=O) groups is 1. The maximum absolute atomic E-state index is 13.5. The summed E-state index contributed by atoms with van der Waals surface area (Å²) in [7, 11) is 0. The first-order valence-corrected chi connectivity index (χ1v) is 9.67. The Kier molecular flexibility index (Phi) is 5.36. The lowest BCUT2D eigenvalue weighted by Gasteiger charge is -2.23. The Bertz CT molecular complexity index is 1050. The molecule has 0 radical (unpaired) electrons. The summed E-state index contributed by atoms with van der Waals surface area (Å²) in [5.74, 6) is 0.0866. The van der Waals surface area contributed by atoms with Crippen LogP contribution in [-0.4, -0.2) is 16.8 Å². The fourth-order valence-electron chi connectivity index (χ4n) is 3.71. The lowest BCUT2D eigenvalue weighted by Crippen LogP contribution is -2.36. The highest BCUT2D eigenvalue weighted by atomic mass is 16.1. The fourth-order valence-corrected chi connectivity index (χ4v) is 3.71. The average molecular weight is 368 g/mol. The number of aromatic amines is 1. The highest BCUT2D eigenvalue weighted by Gasteiger charge is 2.25. The number of hydrogen-bond donors (Lipinski definition) is 2. The van der Waals surface area contributed by atoms with Crippen LogP contribution in [-0.2, 0) is 6.42 Å². The minimum atomic E-state index is -0.390. The van der Waals surface area contributed by atoms with Gasteiger partial charge in [0, 0.05) is 28.7 Å². The zero-order chi connectivity index (χ0) is 19.3.